The summed E-state index contributed by atoms with van der Waals surface area (Å²) >= 11 is 1.33. The molecule has 0 aliphatic rings. The van der Waals surface area contributed by atoms with Gasteiger partial charge in [0.2, 0.25) is 17.7 Å². The predicted octanol–water partition coefficient (Wildman–Crippen LogP) is -0.240. The SMILES string of the molecule is [Ac].[B]COC(CC)C(NC(=O)C([NH-])[CH-]C)C(=O)NC(C(=O)NCNC(=O)CSC)C([CH2-])OCC.[CH3-].[W].[Y]. The average molecular weight is 999 g/mol. The minimum atomic E-state index is -1.23. The molecule has 37 heavy (non-hydrogen) atoms. The smallest absolute Gasteiger partial charge is 0.245 e. The average Bonchev–Trinajstić information content (AvgIpc) is 2.78. The number of nitrogens with one attached hydrogen (secondary N) is 5. The Hall–Kier alpha value is 1.41. The summed E-state index contributed by atoms with van der Waals surface area (Å²) in [7, 11) is 5.46. The van der Waals surface area contributed by atoms with Crippen LogP contribution in [0.2, 0.25) is 0 Å². The quantitative estimate of drug-likeness (QED) is 0.0891. The zero-order valence-corrected chi connectivity index (χ0v) is 33.5. The Balaban J connectivity index is -0.000000853. The van der Waals surface area contributed by atoms with Gasteiger partial charge in [-0.3, -0.25) is 19.2 Å². The van der Waals surface area contributed by atoms with Crippen molar-refractivity contribution >= 4 is 43.2 Å². The van der Waals surface area contributed by atoms with E-state index in [2.05, 4.69) is 28.2 Å². The minimum Gasteiger partial charge on any atom is -0.693 e. The van der Waals surface area contributed by atoms with Crippen molar-refractivity contribution in [3.05, 3.63) is 26.5 Å². The topological polar surface area (TPSA) is 159 Å². The number of hydrogen-bond donors (Lipinski definition) is 4. The number of carbonyl (C=O) groups excluding carboxylic acids is 4. The first kappa shape index (κ1) is 48.2. The molecule has 4 radical (unpaired) electrons. The molecule has 5 N–H and O–H groups in total. The Morgan fingerprint density at radius 2 is 1.62 bits per heavy atom. The van der Waals surface area contributed by atoms with Crippen molar-refractivity contribution in [2.45, 2.75) is 57.5 Å². The molecule has 0 aromatic rings. The Labute approximate surface area is 303 Å². The van der Waals surface area contributed by atoms with Crippen LogP contribution in [0, 0.1) is 64.8 Å². The van der Waals surface area contributed by atoms with E-state index in [0.29, 0.717) is 6.42 Å². The molecule has 0 aromatic carbocycles. The molecule has 5 unspecified atom stereocenters. The van der Waals surface area contributed by atoms with E-state index in [1.807, 2.05) is 0 Å². The van der Waals surface area contributed by atoms with Gasteiger partial charge in [-0.25, -0.2) is 0 Å². The van der Waals surface area contributed by atoms with Crippen molar-refractivity contribution in [1.29, 1.82) is 0 Å². The molecular formula is C21H38AcBN5O6SWY-4. The Morgan fingerprint density at radius 1 is 1.05 bits per heavy atom. The number of thioether (sulfide) groups is 1. The molecule has 208 valence electrons. The van der Waals surface area contributed by atoms with Crippen LogP contribution in [0.1, 0.15) is 27.2 Å². The Morgan fingerprint density at radius 3 is 2.08 bits per heavy atom. The van der Waals surface area contributed by atoms with E-state index >= 15 is 0 Å². The molecule has 0 saturated carbocycles. The molecule has 5 atom stereocenters. The largest absolute Gasteiger partial charge is 0.693 e. The Bertz CT molecular complexity index is 650. The van der Waals surface area contributed by atoms with Gasteiger partial charge in [0, 0.05) is 111 Å². The number of ether oxygens (including phenoxy) is 2. The molecule has 0 bridgehead atoms. The standard InChI is InChI=1S/C20H35BN5O6S.CH3.Ac.W.Y/c1-6-13(22)18(28)26-17(14(7-2)32-10-21)20(30)25-16(12(4)31-8-3)19(29)24-11-23-15(27)9-33-5;;;;/h6,12-14,16-17,22H,4,7-11H2,1-3,5H3,(H,23,27)(H,24,29)(H,25,30)(H,26,28);1H3;;;/q-3;-1;;;. The predicted molar refractivity (Wildman–Crippen MR) is 134 cm³/mol. The monoisotopic (exact) mass is 999 g/mol. The third kappa shape index (κ3) is 20.0. The van der Waals surface area contributed by atoms with Gasteiger partial charge in [0.1, 0.15) is 19.9 Å². The third-order valence-corrected chi connectivity index (χ3v) is 4.99. The van der Waals surface area contributed by atoms with E-state index in [1.165, 1.54) is 18.2 Å². The van der Waals surface area contributed by atoms with Gasteiger partial charge in [-0.1, -0.05) is 6.92 Å². The maximum atomic E-state index is 13.1. The molecule has 0 aliphatic carbocycles. The van der Waals surface area contributed by atoms with E-state index in [9.17, 15) is 19.2 Å². The van der Waals surface area contributed by atoms with Gasteiger partial charge in [0.05, 0.1) is 18.5 Å². The normalized spacial score (nSPS) is 13.8. The van der Waals surface area contributed by atoms with Crippen LogP contribution in [0.25, 0.3) is 5.73 Å². The van der Waals surface area contributed by atoms with Gasteiger partial charge in [0.15, 0.2) is 5.91 Å². The second-order valence-corrected chi connectivity index (χ2v) is 7.67. The molecule has 11 nitrogen and oxygen atoms in total. The van der Waals surface area contributed by atoms with Crippen molar-refractivity contribution in [1.82, 2.24) is 21.3 Å². The van der Waals surface area contributed by atoms with Gasteiger partial charge in [0.25, 0.3) is 0 Å². The van der Waals surface area contributed by atoms with Crippen molar-refractivity contribution in [2.24, 2.45) is 0 Å². The summed E-state index contributed by atoms with van der Waals surface area (Å²) < 4.78 is 10.8. The molecular weight excluding hydrogens is 961 g/mol. The maximum Gasteiger partial charge on any atom is 0.245 e. The van der Waals surface area contributed by atoms with E-state index in [1.54, 1.807) is 27.0 Å². The first-order valence-electron chi connectivity index (χ1n) is 10.6. The van der Waals surface area contributed by atoms with E-state index in [0.717, 1.165) is 0 Å². The fourth-order valence-corrected chi connectivity index (χ4v) is 3.06. The minimum absolute atomic E-state index is 0. The summed E-state index contributed by atoms with van der Waals surface area (Å²) in [5, 5.41) is 10.1. The molecule has 0 rings (SSSR count). The molecule has 0 aliphatic heterocycles. The number of amides is 4. The number of hydrogen-bond acceptors (Lipinski definition) is 7. The van der Waals surface area contributed by atoms with Gasteiger partial charge in [-0.15, -0.1) is 0 Å². The summed E-state index contributed by atoms with van der Waals surface area (Å²) in [6.45, 7) is 8.66. The number of rotatable bonds is 17. The zero-order chi connectivity index (χ0) is 25.4. The summed E-state index contributed by atoms with van der Waals surface area (Å²) in [5.41, 5.74) is 7.74. The van der Waals surface area contributed by atoms with E-state index in [-0.39, 0.29) is 137 Å². The zero-order valence-electron chi connectivity index (χ0n) is 22.2. The maximum absolute atomic E-state index is 13.1. The van der Waals surface area contributed by atoms with Crippen LogP contribution in [-0.2, 0) is 82.4 Å². The fraction of sp³-hybridized carbons (Fsp3) is 0.667. The summed E-state index contributed by atoms with van der Waals surface area (Å²) in [6, 6.07) is -3.64. The van der Waals surface area contributed by atoms with Crippen LogP contribution in [0.3, 0.4) is 0 Å². The van der Waals surface area contributed by atoms with Crippen molar-refractivity contribution < 1.29 is 126 Å². The van der Waals surface area contributed by atoms with Crippen molar-refractivity contribution in [3.8, 4) is 0 Å². The number of carbonyl (C=O) groups is 4. The summed E-state index contributed by atoms with van der Waals surface area (Å²) in [5.74, 6) is -2.10. The molecule has 0 aromatic heterocycles. The van der Waals surface area contributed by atoms with Crippen LogP contribution >= 0.6 is 11.8 Å². The second kappa shape index (κ2) is 28.9. The van der Waals surface area contributed by atoms with E-state index in [4.69, 9.17) is 23.1 Å². The van der Waals surface area contributed by atoms with Crippen LogP contribution in [0.5, 0.6) is 0 Å². The fourth-order valence-electron chi connectivity index (χ4n) is 2.70. The van der Waals surface area contributed by atoms with Gasteiger partial charge in [-0.05, 0) is 25.7 Å². The van der Waals surface area contributed by atoms with Crippen LogP contribution in [0.4, 0.5) is 0 Å². The van der Waals surface area contributed by atoms with Crippen molar-refractivity contribution in [3.63, 3.8) is 0 Å². The van der Waals surface area contributed by atoms with Crippen LogP contribution in [-0.4, -0.2) is 93.6 Å². The molecule has 0 spiro atoms. The molecule has 0 heterocycles. The third-order valence-electron chi connectivity index (χ3n) is 4.44. The molecule has 16 heteroatoms. The molecule has 4 amide bonds. The first-order chi connectivity index (χ1) is 15.7. The van der Waals surface area contributed by atoms with Gasteiger partial charge in [-0.2, -0.15) is 24.7 Å². The first-order valence-corrected chi connectivity index (χ1v) is 12.0. The van der Waals surface area contributed by atoms with Gasteiger partial charge < -0.3 is 57.2 Å². The second-order valence-electron chi connectivity index (χ2n) is 6.81. The van der Waals surface area contributed by atoms with E-state index < -0.39 is 48.1 Å². The summed E-state index contributed by atoms with van der Waals surface area (Å²) in [4.78, 5) is 49.7. The molecule has 0 fully saturated rings. The van der Waals surface area contributed by atoms with Crippen LogP contribution < -0.4 is 21.3 Å². The Kier molecular flexibility index (Phi) is 37.6. The van der Waals surface area contributed by atoms with Crippen LogP contribution in [0.15, 0.2) is 0 Å². The summed E-state index contributed by atoms with van der Waals surface area (Å²) in [6.07, 6.45) is 1.70. The van der Waals surface area contributed by atoms with Crippen molar-refractivity contribution in [2.75, 3.05) is 31.8 Å². The molecule has 0 saturated heterocycles. The van der Waals surface area contributed by atoms with Gasteiger partial charge >= 0.3 is 0 Å².